The van der Waals surface area contributed by atoms with Crippen LogP contribution in [0.15, 0.2) is 40.9 Å². The number of fused-ring (bicyclic) bond motifs is 1. The molecule has 2 N–H and O–H groups in total. The number of nitrogens with zero attached hydrogens (tertiary/aromatic N) is 6. The number of piperazine rings is 1. The van der Waals surface area contributed by atoms with Crippen molar-refractivity contribution in [3.8, 4) is 23.1 Å². The van der Waals surface area contributed by atoms with Crippen LogP contribution >= 0.6 is 0 Å². The molecule has 4 aromatic rings. The number of rotatable bonds is 6. The summed E-state index contributed by atoms with van der Waals surface area (Å²) >= 11 is 0. The third-order valence-corrected chi connectivity index (χ3v) is 6.51. The smallest absolute Gasteiger partial charge is 0.433 e. The number of aromatic nitrogens is 4. The van der Waals surface area contributed by atoms with E-state index in [4.69, 9.17) is 19.6 Å². The number of carbonyl (C=O) groups excluding carboxylic acids is 1. The van der Waals surface area contributed by atoms with Crippen LogP contribution in [0.3, 0.4) is 0 Å². The molecule has 0 spiro atoms. The quantitative estimate of drug-likeness (QED) is 0.374. The molecule has 1 saturated heterocycles. The Morgan fingerprint density at radius 3 is 2.42 bits per heavy atom. The lowest BCUT2D eigenvalue weighted by molar-refractivity contribution is -0.140. The number of amides is 1. The number of benzene rings is 1. The maximum Gasteiger partial charge on any atom is 0.433 e. The molecule has 1 aliphatic rings. The molecule has 4 heterocycles. The molecule has 5 rings (SSSR count). The molecule has 210 valence electrons. The number of halogens is 3. The van der Waals surface area contributed by atoms with E-state index in [-0.39, 0.29) is 34.5 Å². The maximum atomic E-state index is 13.6. The van der Waals surface area contributed by atoms with Crippen molar-refractivity contribution < 1.29 is 31.9 Å². The maximum absolute atomic E-state index is 13.6. The van der Waals surface area contributed by atoms with E-state index in [1.165, 1.54) is 26.4 Å². The van der Waals surface area contributed by atoms with Gasteiger partial charge in [-0.1, -0.05) is 0 Å². The second-order valence-electron chi connectivity index (χ2n) is 9.10. The van der Waals surface area contributed by atoms with Gasteiger partial charge in [-0.3, -0.25) is 4.79 Å². The first kappa shape index (κ1) is 27.1. The van der Waals surface area contributed by atoms with Crippen LogP contribution in [0, 0.1) is 0 Å². The Hall–Kier alpha value is -4.46. The van der Waals surface area contributed by atoms with Crippen molar-refractivity contribution >= 4 is 22.8 Å². The molecular formula is C26H26F3N7O4. The number of hydrogen-bond acceptors (Lipinski definition) is 10. The van der Waals surface area contributed by atoms with Crippen LogP contribution < -0.4 is 20.1 Å². The minimum Gasteiger partial charge on any atom is -0.494 e. The fraction of sp³-hybridized carbons (Fsp3) is 0.346. The van der Waals surface area contributed by atoms with Crippen LogP contribution in [-0.4, -0.2) is 71.1 Å². The Morgan fingerprint density at radius 2 is 1.77 bits per heavy atom. The first-order valence-corrected chi connectivity index (χ1v) is 12.3. The fourth-order valence-corrected chi connectivity index (χ4v) is 4.47. The standard InChI is InChI=1S/C26H26F3N7O4/c1-14(30)22-21(24(37)35-10-12-36(13-11-35)25-31-9-8-19(33-25)39-3)34-23(40-22)16-4-6-17(38-2)20-15(16)5-7-18(32-20)26(27,28)29/h4-9,14H,10-13,30H2,1-3H3/t14-/m0/s1. The number of oxazole rings is 1. The summed E-state index contributed by atoms with van der Waals surface area (Å²) in [6.07, 6.45) is -3.03. The second-order valence-corrected chi connectivity index (χ2v) is 9.10. The summed E-state index contributed by atoms with van der Waals surface area (Å²) in [6.45, 7) is 3.36. The highest BCUT2D eigenvalue weighted by Crippen LogP contribution is 2.37. The van der Waals surface area contributed by atoms with Crippen LogP contribution in [0.1, 0.15) is 34.9 Å². The molecule has 0 unspecified atom stereocenters. The van der Waals surface area contributed by atoms with Crippen molar-refractivity contribution in [3.05, 3.63) is 53.7 Å². The number of carbonyl (C=O) groups is 1. The zero-order valence-corrected chi connectivity index (χ0v) is 21.9. The minimum atomic E-state index is -4.64. The number of methoxy groups -OCH3 is 2. The molecule has 40 heavy (non-hydrogen) atoms. The molecular weight excluding hydrogens is 531 g/mol. The average molecular weight is 558 g/mol. The Morgan fingerprint density at radius 1 is 1.02 bits per heavy atom. The van der Waals surface area contributed by atoms with Gasteiger partial charge in [-0.05, 0) is 31.2 Å². The normalized spacial score (nSPS) is 14.9. The van der Waals surface area contributed by atoms with Gasteiger partial charge >= 0.3 is 6.18 Å². The Bertz CT molecular complexity index is 1550. The summed E-state index contributed by atoms with van der Waals surface area (Å²) < 4.78 is 56.4. The number of hydrogen-bond donors (Lipinski definition) is 1. The summed E-state index contributed by atoms with van der Waals surface area (Å²) in [4.78, 5) is 34.0. The third-order valence-electron chi connectivity index (χ3n) is 6.51. The first-order valence-electron chi connectivity index (χ1n) is 12.3. The van der Waals surface area contributed by atoms with Crippen molar-refractivity contribution in [2.75, 3.05) is 45.3 Å². The van der Waals surface area contributed by atoms with Gasteiger partial charge in [-0.15, -0.1) is 0 Å². The highest BCUT2D eigenvalue weighted by molar-refractivity contribution is 5.98. The largest absolute Gasteiger partial charge is 0.494 e. The van der Waals surface area contributed by atoms with Gasteiger partial charge in [0.05, 0.1) is 20.3 Å². The summed E-state index contributed by atoms with van der Waals surface area (Å²) in [5.41, 5.74) is 5.44. The molecule has 1 amide bonds. The van der Waals surface area contributed by atoms with Crippen molar-refractivity contribution in [2.24, 2.45) is 5.73 Å². The topological polar surface area (TPSA) is 133 Å². The van der Waals surface area contributed by atoms with E-state index in [2.05, 4.69) is 19.9 Å². The van der Waals surface area contributed by atoms with Crippen molar-refractivity contribution in [2.45, 2.75) is 19.1 Å². The molecule has 14 heteroatoms. The molecule has 0 bridgehead atoms. The van der Waals surface area contributed by atoms with Gasteiger partial charge in [0.15, 0.2) is 11.5 Å². The Kier molecular flexibility index (Phi) is 7.19. The molecule has 1 atom stereocenters. The lowest BCUT2D eigenvalue weighted by Crippen LogP contribution is -2.49. The van der Waals surface area contributed by atoms with E-state index >= 15 is 0 Å². The number of nitrogens with two attached hydrogens (primary N) is 1. The first-order chi connectivity index (χ1) is 19.1. The van der Waals surface area contributed by atoms with Crippen LogP contribution in [0.5, 0.6) is 11.6 Å². The molecule has 1 aromatic carbocycles. The minimum absolute atomic E-state index is 0.0147. The molecule has 1 aliphatic heterocycles. The average Bonchev–Trinajstić information content (AvgIpc) is 3.41. The number of ether oxygens (including phenoxy) is 2. The van der Waals surface area contributed by atoms with Gasteiger partial charge in [0.25, 0.3) is 5.91 Å². The predicted octanol–water partition coefficient (Wildman–Crippen LogP) is 3.70. The van der Waals surface area contributed by atoms with E-state index in [9.17, 15) is 18.0 Å². The molecule has 0 aliphatic carbocycles. The second kappa shape index (κ2) is 10.6. The molecule has 3 aromatic heterocycles. The third kappa shape index (κ3) is 5.09. The number of anilines is 1. The van der Waals surface area contributed by atoms with Crippen LogP contribution in [0.25, 0.3) is 22.4 Å². The SMILES string of the molecule is COc1ccnc(N2CCN(C(=O)c3nc(-c4ccc(OC)c5nc(C(F)(F)F)ccc45)oc3[C@H](C)N)CC2)n1. The van der Waals surface area contributed by atoms with Gasteiger partial charge in [-0.2, -0.15) is 18.2 Å². The van der Waals surface area contributed by atoms with Crippen molar-refractivity contribution in [1.29, 1.82) is 0 Å². The fourth-order valence-electron chi connectivity index (χ4n) is 4.47. The van der Waals surface area contributed by atoms with Gasteiger partial charge in [0.2, 0.25) is 17.7 Å². The van der Waals surface area contributed by atoms with Crippen LogP contribution in [0.2, 0.25) is 0 Å². The lowest BCUT2D eigenvalue weighted by Gasteiger charge is -2.34. The highest BCUT2D eigenvalue weighted by atomic mass is 19.4. The number of pyridine rings is 1. The molecule has 0 radical (unpaired) electrons. The van der Waals surface area contributed by atoms with Crippen LogP contribution in [0.4, 0.5) is 19.1 Å². The highest BCUT2D eigenvalue weighted by Gasteiger charge is 2.34. The van der Waals surface area contributed by atoms with E-state index in [0.717, 1.165) is 6.07 Å². The Balaban J connectivity index is 1.45. The van der Waals surface area contributed by atoms with E-state index in [1.54, 1.807) is 30.2 Å². The van der Waals surface area contributed by atoms with Crippen molar-refractivity contribution in [3.63, 3.8) is 0 Å². The zero-order valence-electron chi connectivity index (χ0n) is 21.9. The summed E-state index contributed by atoms with van der Waals surface area (Å²) in [6, 6.07) is 6.19. The van der Waals surface area contributed by atoms with Crippen molar-refractivity contribution in [1.82, 2.24) is 24.8 Å². The van der Waals surface area contributed by atoms with E-state index in [0.29, 0.717) is 49.0 Å². The van der Waals surface area contributed by atoms with Gasteiger partial charge in [-0.25, -0.2) is 15.0 Å². The van der Waals surface area contributed by atoms with Crippen LogP contribution in [-0.2, 0) is 6.18 Å². The van der Waals surface area contributed by atoms with Gasteiger partial charge < -0.3 is 29.4 Å². The van der Waals surface area contributed by atoms with E-state index in [1.807, 2.05) is 4.90 Å². The lowest BCUT2D eigenvalue weighted by atomic mass is 10.1. The predicted molar refractivity (Wildman–Crippen MR) is 138 cm³/mol. The number of alkyl halides is 3. The van der Waals surface area contributed by atoms with Gasteiger partial charge in [0, 0.05) is 49.4 Å². The molecule has 1 fully saturated rings. The zero-order chi connectivity index (χ0) is 28.6. The summed E-state index contributed by atoms with van der Waals surface area (Å²) in [5, 5.41) is 0.315. The monoisotopic (exact) mass is 557 g/mol. The van der Waals surface area contributed by atoms with E-state index < -0.39 is 17.9 Å². The summed E-state index contributed by atoms with van der Waals surface area (Å²) in [7, 11) is 2.86. The Labute approximate surface area is 226 Å². The molecule has 0 saturated carbocycles. The molecule has 11 nitrogen and oxygen atoms in total. The van der Waals surface area contributed by atoms with Gasteiger partial charge in [0.1, 0.15) is 17.0 Å². The summed E-state index contributed by atoms with van der Waals surface area (Å²) in [5.74, 6) is 0.925.